The Bertz CT molecular complexity index is 685. The quantitative estimate of drug-likeness (QED) is 0.239. The van der Waals surface area contributed by atoms with E-state index in [1.165, 1.54) is 20.8 Å². The molecule has 3 aliphatic heterocycles. The largest absolute Gasteiger partial charge is 0.448 e. The fourth-order valence-electron chi connectivity index (χ4n) is 3.70. The monoisotopic (exact) mass is 392 g/mol. The van der Waals surface area contributed by atoms with Gasteiger partial charge in [0, 0.05) is 6.42 Å². The minimum atomic E-state index is -4.23. The lowest BCUT2D eigenvalue weighted by Gasteiger charge is -2.45. The van der Waals surface area contributed by atoms with Crippen molar-refractivity contribution in [2.45, 2.75) is 60.6 Å². The van der Waals surface area contributed by atoms with Crippen LogP contribution in [0.1, 0.15) is 27.2 Å². The third-order valence-corrected chi connectivity index (χ3v) is 7.42. The third-order valence-electron chi connectivity index (χ3n) is 5.18. The van der Waals surface area contributed by atoms with Crippen LogP contribution in [-0.2, 0) is 37.9 Å². The maximum Gasteiger partial charge on any atom is 0.415 e. The molecule has 24 heavy (non-hydrogen) atoms. The standard InChI is InChI=1S/C11H14F2O9S2/c1-8-4-5-6(18-8)9(2,20-24(5,16)17)10(8,3)19-7(14)11(12,13)23-22-21-15/h5-6,15H,4H2,1-3H3. The minimum absolute atomic E-state index is 0.0612. The predicted octanol–water partition coefficient (Wildman–Crippen LogP) is 0.999. The first kappa shape index (κ1) is 18.2. The van der Waals surface area contributed by atoms with E-state index in [0.29, 0.717) is 0 Å². The molecular formula is C11H14F2O9S2. The number of carbonyl (C=O) groups is 1. The van der Waals surface area contributed by atoms with E-state index in [-0.39, 0.29) is 6.42 Å². The normalized spacial score (nSPS) is 45.6. The van der Waals surface area contributed by atoms with Crippen molar-refractivity contribution in [3.63, 3.8) is 0 Å². The summed E-state index contributed by atoms with van der Waals surface area (Å²) in [6.07, 6.45) is -1.00. The molecule has 0 spiro atoms. The van der Waals surface area contributed by atoms with E-state index in [1.807, 2.05) is 0 Å². The van der Waals surface area contributed by atoms with Gasteiger partial charge in [-0.3, -0.25) is 4.18 Å². The highest BCUT2D eigenvalue weighted by Crippen LogP contribution is 2.64. The number of ether oxygens (including phenoxy) is 2. The lowest BCUT2D eigenvalue weighted by Crippen LogP contribution is -2.65. The molecule has 0 aromatic heterocycles. The van der Waals surface area contributed by atoms with E-state index < -0.39 is 61.5 Å². The van der Waals surface area contributed by atoms with Gasteiger partial charge < -0.3 is 9.47 Å². The topological polar surface area (TPSA) is 118 Å². The van der Waals surface area contributed by atoms with Gasteiger partial charge in [-0.15, -0.1) is 4.33 Å². The van der Waals surface area contributed by atoms with E-state index in [2.05, 4.69) is 9.37 Å². The van der Waals surface area contributed by atoms with E-state index in [1.54, 1.807) is 0 Å². The Morgan fingerprint density at radius 3 is 2.58 bits per heavy atom. The molecule has 13 heteroatoms. The van der Waals surface area contributed by atoms with Crippen LogP contribution in [0.4, 0.5) is 8.78 Å². The number of hydrogen-bond acceptors (Lipinski definition) is 10. The van der Waals surface area contributed by atoms with Crippen LogP contribution in [-0.4, -0.2) is 53.1 Å². The molecule has 1 N–H and O–H groups in total. The summed E-state index contributed by atoms with van der Waals surface area (Å²) in [5, 5.41) is 5.79. The first-order valence-electron chi connectivity index (χ1n) is 6.72. The summed E-state index contributed by atoms with van der Waals surface area (Å²) in [4.78, 5) is 11.9. The van der Waals surface area contributed by atoms with Crippen molar-refractivity contribution < 1.29 is 50.3 Å². The average Bonchev–Trinajstić information content (AvgIpc) is 2.95. The smallest absolute Gasteiger partial charge is 0.415 e. The first-order valence-corrected chi connectivity index (χ1v) is 8.94. The second kappa shape index (κ2) is 4.99. The number of rotatable bonds is 5. The van der Waals surface area contributed by atoms with Crippen LogP contribution in [0.15, 0.2) is 0 Å². The van der Waals surface area contributed by atoms with Gasteiger partial charge >= 0.3 is 11.2 Å². The van der Waals surface area contributed by atoms with Gasteiger partial charge in [0.1, 0.15) is 29.0 Å². The molecule has 3 fully saturated rings. The SMILES string of the molecule is CC12CC3C(O1)C(C)(OS3(=O)=O)C2(C)OC(=O)C(F)(F)SOOO. The molecule has 0 aliphatic carbocycles. The van der Waals surface area contributed by atoms with Crippen LogP contribution in [0.25, 0.3) is 0 Å². The molecule has 0 aromatic rings. The molecule has 0 aromatic carbocycles. The van der Waals surface area contributed by atoms with Crippen LogP contribution >= 0.6 is 12.0 Å². The highest BCUT2D eigenvalue weighted by Gasteiger charge is 2.83. The van der Waals surface area contributed by atoms with E-state index in [0.717, 1.165) is 0 Å². The molecule has 0 amide bonds. The minimum Gasteiger partial charge on any atom is -0.448 e. The van der Waals surface area contributed by atoms with Gasteiger partial charge in [-0.1, -0.05) is 5.04 Å². The summed E-state index contributed by atoms with van der Waals surface area (Å²) >= 11 is -0.774. The van der Waals surface area contributed by atoms with Crippen LogP contribution in [0.2, 0.25) is 0 Å². The highest BCUT2D eigenvalue weighted by molar-refractivity contribution is 7.96. The van der Waals surface area contributed by atoms with Gasteiger partial charge in [-0.2, -0.15) is 17.2 Å². The van der Waals surface area contributed by atoms with E-state index >= 15 is 0 Å². The number of halogens is 2. The molecule has 0 saturated carbocycles. The van der Waals surface area contributed by atoms with Gasteiger partial charge in [-0.05, 0) is 20.8 Å². The van der Waals surface area contributed by atoms with Crippen LogP contribution in [0.5, 0.6) is 0 Å². The summed E-state index contributed by atoms with van der Waals surface area (Å²) in [6.45, 7) is 4.10. The maximum absolute atomic E-state index is 13.7. The molecule has 5 atom stereocenters. The third kappa shape index (κ3) is 2.09. The van der Waals surface area contributed by atoms with E-state index in [9.17, 15) is 22.0 Å². The molecule has 138 valence electrons. The number of carbonyl (C=O) groups excluding carboxylic acids is 1. The Hall–Kier alpha value is -0.570. The summed E-state index contributed by atoms with van der Waals surface area (Å²) < 4.78 is 70.9. The van der Waals surface area contributed by atoms with Crippen molar-refractivity contribution in [3.05, 3.63) is 0 Å². The zero-order valence-corrected chi connectivity index (χ0v) is 14.3. The van der Waals surface area contributed by atoms with Crippen molar-refractivity contribution in [3.8, 4) is 0 Å². The van der Waals surface area contributed by atoms with Gasteiger partial charge in [0.05, 0.1) is 0 Å². The van der Waals surface area contributed by atoms with Crippen molar-refractivity contribution in [1.29, 1.82) is 0 Å². The zero-order valence-electron chi connectivity index (χ0n) is 12.6. The molecule has 9 nitrogen and oxygen atoms in total. The Kier molecular flexibility index (Phi) is 3.79. The second-order valence-electron chi connectivity index (χ2n) is 6.36. The number of esters is 1. The summed E-state index contributed by atoms with van der Waals surface area (Å²) in [5.74, 6) is -2.02. The molecule has 2 bridgehead atoms. The Labute approximate surface area is 139 Å². The highest BCUT2D eigenvalue weighted by atomic mass is 32.2. The molecule has 5 unspecified atom stereocenters. The van der Waals surface area contributed by atoms with E-state index in [4.69, 9.17) is 18.9 Å². The lowest BCUT2D eigenvalue weighted by atomic mass is 9.67. The van der Waals surface area contributed by atoms with Gasteiger partial charge in [0.2, 0.25) is 0 Å². The van der Waals surface area contributed by atoms with Crippen molar-refractivity contribution >= 4 is 28.1 Å². The molecule has 0 radical (unpaired) electrons. The predicted molar refractivity (Wildman–Crippen MR) is 71.9 cm³/mol. The second-order valence-corrected chi connectivity index (χ2v) is 8.93. The molecular weight excluding hydrogens is 378 g/mol. The summed E-state index contributed by atoms with van der Waals surface area (Å²) in [6, 6.07) is 0. The van der Waals surface area contributed by atoms with Gasteiger partial charge in [-0.25, -0.2) is 10.1 Å². The summed E-state index contributed by atoms with van der Waals surface area (Å²) in [7, 11) is -3.97. The number of hydrogen-bond donors (Lipinski definition) is 1. The van der Waals surface area contributed by atoms with Crippen molar-refractivity contribution in [1.82, 2.24) is 0 Å². The lowest BCUT2D eigenvalue weighted by molar-refractivity contribution is -0.433. The Morgan fingerprint density at radius 2 is 2.00 bits per heavy atom. The molecule has 3 saturated heterocycles. The molecule has 3 heterocycles. The fraction of sp³-hybridized carbons (Fsp3) is 0.909. The van der Waals surface area contributed by atoms with Crippen LogP contribution < -0.4 is 0 Å². The van der Waals surface area contributed by atoms with Crippen molar-refractivity contribution in [2.24, 2.45) is 0 Å². The molecule has 3 aliphatic rings. The summed E-state index contributed by atoms with van der Waals surface area (Å²) in [5.41, 5.74) is -4.77. The van der Waals surface area contributed by atoms with Crippen molar-refractivity contribution in [2.75, 3.05) is 0 Å². The number of fused-ring (bicyclic) bond motifs is 1. The fourth-order valence-corrected chi connectivity index (χ4v) is 5.92. The zero-order chi connectivity index (χ0) is 18.2. The average molecular weight is 392 g/mol. The Morgan fingerprint density at radius 1 is 1.38 bits per heavy atom. The van der Waals surface area contributed by atoms with Gasteiger partial charge in [0.15, 0.2) is 11.2 Å². The van der Waals surface area contributed by atoms with Gasteiger partial charge in [0.25, 0.3) is 10.1 Å². The maximum atomic E-state index is 13.7. The molecule has 3 rings (SSSR count). The van der Waals surface area contributed by atoms with Crippen LogP contribution in [0, 0.1) is 0 Å². The Balaban J connectivity index is 1.92. The van der Waals surface area contributed by atoms with Crippen LogP contribution in [0.3, 0.4) is 0 Å². The number of alkyl halides is 2. The first-order chi connectivity index (χ1) is 10.8.